The van der Waals surface area contributed by atoms with E-state index in [0.29, 0.717) is 6.67 Å². The molecule has 0 atom stereocenters. The molecule has 0 aliphatic rings. The zero-order valence-corrected chi connectivity index (χ0v) is 19.1. The molecule has 168 valence electrons. The topological polar surface area (TPSA) is 43.4 Å². The zero-order chi connectivity index (χ0) is 23.5. The van der Waals surface area contributed by atoms with Gasteiger partial charge in [0.25, 0.3) is 6.67 Å². The molecule has 0 aliphatic carbocycles. The van der Waals surface area contributed by atoms with Gasteiger partial charge in [0, 0.05) is 11.1 Å². The van der Waals surface area contributed by atoms with Gasteiger partial charge in [0.1, 0.15) is 0 Å². The second-order valence-electron chi connectivity index (χ2n) is 8.25. The summed E-state index contributed by atoms with van der Waals surface area (Å²) in [7, 11) is 0. The molecule has 0 amide bonds. The van der Waals surface area contributed by atoms with Gasteiger partial charge in [0.15, 0.2) is 23.8 Å². The number of aromatic nitrogens is 6. The average Bonchev–Trinajstić information content (AvgIpc) is 3.56. The maximum absolute atomic E-state index is 4.90. The Morgan fingerprint density at radius 2 is 0.800 bits per heavy atom. The fraction of sp³-hybridized carbons (Fsp3) is 0.0345. The lowest BCUT2D eigenvalue weighted by Crippen LogP contribution is -2.54. The smallest absolute Gasteiger partial charge is 0.0942 e. The summed E-state index contributed by atoms with van der Waals surface area (Å²) in [6, 6.07) is 41.0. The van der Waals surface area contributed by atoms with Gasteiger partial charge in [-0.05, 0) is 24.3 Å². The lowest BCUT2D eigenvalue weighted by Gasteiger charge is -1.98. The van der Waals surface area contributed by atoms with Crippen molar-refractivity contribution in [2.45, 2.75) is 6.67 Å². The van der Waals surface area contributed by atoms with Crippen molar-refractivity contribution in [1.29, 1.82) is 0 Å². The van der Waals surface area contributed by atoms with Crippen LogP contribution in [0.1, 0.15) is 0 Å². The predicted octanol–water partition coefficient (Wildman–Crippen LogP) is 4.47. The third-order valence-electron chi connectivity index (χ3n) is 5.84. The average molecular weight is 457 g/mol. The van der Waals surface area contributed by atoms with E-state index >= 15 is 0 Å². The van der Waals surface area contributed by atoms with Crippen LogP contribution in [0.2, 0.25) is 0 Å². The van der Waals surface area contributed by atoms with E-state index < -0.39 is 0 Å². The summed E-state index contributed by atoms with van der Waals surface area (Å²) in [5.74, 6) is 0. The molecule has 2 heterocycles. The number of para-hydroxylation sites is 2. The number of benzene rings is 4. The second-order valence-corrected chi connectivity index (χ2v) is 8.25. The summed E-state index contributed by atoms with van der Waals surface area (Å²) >= 11 is 0. The van der Waals surface area contributed by atoms with Gasteiger partial charge < -0.3 is 0 Å². The van der Waals surface area contributed by atoms with Crippen molar-refractivity contribution in [3.63, 3.8) is 0 Å². The highest BCUT2D eigenvalue weighted by Gasteiger charge is 2.24. The minimum atomic E-state index is 0.472. The van der Waals surface area contributed by atoms with Gasteiger partial charge in [-0.2, -0.15) is 0 Å². The van der Waals surface area contributed by atoms with Crippen molar-refractivity contribution < 1.29 is 9.36 Å². The van der Waals surface area contributed by atoms with Crippen molar-refractivity contribution in [3.8, 4) is 33.9 Å². The first-order valence-electron chi connectivity index (χ1n) is 11.6. The zero-order valence-electron chi connectivity index (χ0n) is 19.1. The Bertz CT molecular complexity index is 1310. The summed E-state index contributed by atoms with van der Waals surface area (Å²) < 4.78 is 7.79. The van der Waals surface area contributed by atoms with Crippen LogP contribution in [0.4, 0.5) is 0 Å². The number of rotatable bonds is 6. The Balaban J connectivity index is 1.43. The predicted molar refractivity (Wildman–Crippen MR) is 134 cm³/mol. The van der Waals surface area contributed by atoms with E-state index in [4.69, 9.17) is 10.4 Å². The van der Waals surface area contributed by atoms with E-state index in [1.165, 1.54) is 0 Å². The van der Waals surface area contributed by atoms with Crippen molar-refractivity contribution in [3.05, 3.63) is 134 Å². The normalized spacial score (nSPS) is 11.0. The number of hydrogen-bond donors (Lipinski definition) is 0. The largest absolute Gasteiger partial charge is 0.274 e. The van der Waals surface area contributed by atoms with Crippen LogP contribution in [0.25, 0.3) is 33.9 Å². The highest BCUT2D eigenvalue weighted by atomic mass is 15.6. The van der Waals surface area contributed by atoms with E-state index in [1.807, 2.05) is 91.5 Å². The molecule has 6 rings (SSSR count). The van der Waals surface area contributed by atoms with Gasteiger partial charge in [0.05, 0.1) is 10.4 Å². The van der Waals surface area contributed by atoms with Crippen LogP contribution in [0, 0.1) is 0 Å². The van der Waals surface area contributed by atoms with Crippen LogP contribution < -0.4 is 9.36 Å². The Kier molecular flexibility index (Phi) is 5.45. The Labute approximate surface area is 203 Å². The van der Waals surface area contributed by atoms with Crippen LogP contribution in [0.15, 0.2) is 134 Å². The molecule has 6 heteroatoms. The van der Waals surface area contributed by atoms with Gasteiger partial charge in [-0.1, -0.05) is 116 Å². The first-order chi connectivity index (χ1) is 17.3. The van der Waals surface area contributed by atoms with E-state index in [9.17, 15) is 0 Å². The number of nitrogens with zero attached hydrogens (tertiary/aromatic N) is 6. The van der Waals surface area contributed by atoms with Gasteiger partial charge in [-0.15, -0.1) is 0 Å². The van der Waals surface area contributed by atoms with E-state index in [1.54, 1.807) is 0 Å². The molecular weight excluding hydrogens is 432 g/mol. The first-order valence-corrected chi connectivity index (χ1v) is 11.6. The first kappa shape index (κ1) is 20.7. The molecule has 0 N–H and O–H groups in total. The van der Waals surface area contributed by atoms with Crippen LogP contribution in [0.3, 0.4) is 0 Å². The minimum absolute atomic E-state index is 0.472. The van der Waals surface area contributed by atoms with Crippen LogP contribution >= 0.6 is 0 Å². The van der Waals surface area contributed by atoms with Gasteiger partial charge in [-0.3, -0.25) is 0 Å². The maximum atomic E-state index is 4.90. The van der Waals surface area contributed by atoms with Crippen molar-refractivity contribution in [2.24, 2.45) is 0 Å². The van der Waals surface area contributed by atoms with Crippen molar-refractivity contribution in [1.82, 2.24) is 19.8 Å². The van der Waals surface area contributed by atoms with Crippen LogP contribution in [-0.4, -0.2) is 19.8 Å². The molecule has 4 aromatic carbocycles. The highest BCUT2D eigenvalue weighted by Crippen LogP contribution is 2.21. The fourth-order valence-electron chi connectivity index (χ4n) is 4.19. The Hall–Kier alpha value is -4.84. The van der Waals surface area contributed by atoms with Gasteiger partial charge in [-0.25, -0.2) is 0 Å². The van der Waals surface area contributed by atoms with Crippen LogP contribution in [-0.2, 0) is 6.67 Å². The molecule has 0 unspecified atom stereocenters. The minimum Gasteiger partial charge on any atom is -0.0942 e. The summed E-state index contributed by atoms with van der Waals surface area (Å²) in [5, 5.41) is 9.80. The van der Waals surface area contributed by atoms with Gasteiger partial charge in [0.2, 0.25) is 11.4 Å². The molecule has 6 aromatic rings. The molecule has 35 heavy (non-hydrogen) atoms. The number of hydrogen-bond acceptors (Lipinski definition) is 2. The third-order valence-corrected chi connectivity index (χ3v) is 5.84. The molecule has 0 aliphatic heterocycles. The van der Waals surface area contributed by atoms with Crippen LogP contribution in [0.5, 0.6) is 0 Å². The van der Waals surface area contributed by atoms with E-state index in [2.05, 4.69) is 60.9 Å². The summed E-state index contributed by atoms with van der Waals surface area (Å²) in [6.07, 6.45) is 4.14. The Morgan fingerprint density at radius 3 is 1.17 bits per heavy atom. The summed E-state index contributed by atoms with van der Waals surface area (Å²) in [5.41, 5.74) is 6.26. The van der Waals surface area contributed by atoms with Gasteiger partial charge >= 0.3 is 0 Å². The van der Waals surface area contributed by atoms with E-state index in [-0.39, 0.29) is 0 Å². The third kappa shape index (κ3) is 4.25. The highest BCUT2D eigenvalue weighted by molar-refractivity contribution is 5.61. The standard InChI is InChI=1S/C29H24N6/c1-5-13-24(14-6-1)28-21-32(30-34(28)26-17-9-3-10-18-26)23-33-22-29(25-15-7-2-8-16-25)35(31-33)27-19-11-4-12-20-27/h1-22H,23H2/q+2. The summed E-state index contributed by atoms with van der Waals surface area (Å²) in [6.45, 7) is 0.472. The van der Waals surface area contributed by atoms with E-state index in [0.717, 1.165) is 33.9 Å². The molecule has 0 saturated carbocycles. The Morgan fingerprint density at radius 1 is 0.457 bits per heavy atom. The maximum Gasteiger partial charge on any atom is 0.274 e. The molecule has 2 aromatic heterocycles. The fourth-order valence-corrected chi connectivity index (χ4v) is 4.19. The monoisotopic (exact) mass is 456 g/mol. The summed E-state index contributed by atoms with van der Waals surface area (Å²) in [4.78, 5) is 0. The molecule has 0 saturated heterocycles. The molecule has 0 bridgehead atoms. The lowest BCUT2D eigenvalue weighted by atomic mass is 10.1. The molecule has 0 spiro atoms. The SMILES string of the molecule is c1ccc(-c2c[n+](C[n+]3cc(-c4ccccc4)n(-c4ccccc4)n3)nn2-c2ccccc2)cc1. The van der Waals surface area contributed by atoms with Crippen molar-refractivity contribution in [2.75, 3.05) is 0 Å². The molecule has 0 fully saturated rings. The molecule has 0 radical (unpaired) electrons. The molecule has 6 nitrogen and oxygen atoms in total. The van der Waals surface area contributed by atoms with Crippen molar-refractivity contribution >= 4 is 0 Å². The molecular formula is C29H24N6+2. The second kappa shape index (κ2) is 9.19. The lowest BCUT2D eigenvalue weighted by molar-refractivity contribution is -0.962. The quantitative estimate of drug-likeness (QED) is 0.347.